The summed E-state index contributed by atoms with van der Waals surface area (Å²) in [6.45, 7) is 4.91. The average Bonchev–Trinajstić information content (AvgIpc) is 2.72. The maximum Gasteiger partial charge on any atom is 0.413 e. The Morgan fingerprint density at radius 1 is 1.09 bits per heavy atom. The van der Waals surface area contributed by atoms with E-state index in [0.717, 1.165) is 23.1 Å². The summed E-state index contributed by atoms with van der Waals surface area (Å²) in [7, 11) is -4.37. The number of hydrogen-bond donors (Lipinski definition) is 1. The van der Waals surface area contributed by atoms with Gasteiger partial charge in [0.2, 0.25) is 0 Å². The highest BCUT2D eigenvalue weighted by atomic mass is 79.9. The van der Waals surface area contributed by atoms with E-state index in [0.29, 0.717) is 5.02 Å². The molecule has 0 aliphatic heterocycles. The third-order valence-corrected chi connectivity index (χ3v) is 7.91. The molecule has 1 N–H and O–H groups in total. The standard InChI is InChI=1S/C23H20BrClF2N2O4S/c1-23(2,3)29(22(30)31)20-11-16(18(24)12-28-20)21(17-10-14(26)6-9-19(17)27)34(32,33)15-7-4-13(25)5-8-15/h4-12,21H,1-3H3,(H,30,31). The van der Waals surface area contributed by atoms with E-state index in [-0.39, 0.29) is 20.7 Å². The quantitative estimate of drug-likeness (QED) is 0.371. The first-order chi connectivity index (χ1) is 15.7. The Hall–Kier alpha value is -2.56. The van der Waals surface area contributed by atoms with Gasteiger partial charge in [0, 0.05) is 26.8 Å². The largest absolute Gasteiger partial charge is 0.465 e. The smallest absolute Gasteiger partial charge is 0.413 e. The van der Waals surface area contributed by atoms with Crippen molar-refractivity contribution in [3.63, 3.8) is 0 Å². The molecule has 2 aromatic carbocycles. The summed E-state index contributed by atoms with van der Waals surface area (Å²) in [4.78, 5) is 16.9. The normalized spacial score (nSPS) is 12.9. The van der Waals surface area contributed by atoms with Crippen LogP contribution in [0.2, 0.25) is 5.02 Å². The molecule has 3 aromatic rings. The molecule has 0 radical (unpaired) electrons. The fraction of sp³-hybridized carbons (Fsp3) is 0.217. The zero-order valence-electron chi connectivity index (χ0n) is 18.3. The summed E-state index contributed by atoms with van der Waals surface area (Å²) in [5.74, 6) is -1.86. The van der Waals surface area contributed by atoms with E-state index in [9.17, 15) is 27.1 Å². The van der Waals surface area contributed by atoms with Gasteiger partial charge in [0.25, 0.3) is 0 Å². The van der Waals surface area contributed by atoms with Crippen molar-refractivity contribution in [2.75, 3.05) is 4.90 Å². The van der Waals surface area contributed by atoms with Gasteiger partial charge in [-0.3, -0.25) is 4.90 Å². The first-order valence-electron chi connectivity index (χ1n) is 9.86. The molecule has 0 saturated carbocycles. The molecule has 0 saturated heterocycles. The average molecular weight is 574 g/mol. The van der Waals surface area contributed by atoms with Crippen molar-refractivity contribution in [3.05, 3.63) is 87.0 Å². The van der Waals surface area contributed by atoms with Gasteiger partial charge in [0.15, 0.2) is 9.84 Å². The van der Waals surface area contributed by atoms with Crippen molar-refractivity contribution in [1.29, 1.82) is 0 Å². The second-order valence-electron chi connectivity index (χ2n) is 8.40. The van der Waals surface area contributed by atoms with Crippen LogP contribution in [0.25, 0.3) is 0 Å². The predicted octanol–water partition coefficient (Wildman–Crippen LogP) is 6.62. The van der Waals surface area contributed by atoms with Crippen LogP contribution < -0.4 is 4.90 Å². The van der Waals surface area contributed by atoms with Crippen molar-refractivity contribution in [3.8, 4) is 0 Å². The molecule has 180 valence electrons. The lowest BCUT2D eigenvalue weighted by molar-refractivity contribution is 0.195. The van der Waals surface area contributed by atoms with E-state index in [2.05, 4.69) is 20.9 Å². The van der Waals surface area contributed by atoms with Gasteiger partial charge >= 0.3 is 6.09 Å². The Morgan fingerprint density at radius 3 is 2.26 bits per heavy atom. The van der Waals surface area contributed by atoms with E-state index in [1.807, 2.05) is 0 Å². The number of carboxylic acid groups (broad SMARTS) is 1. The molecule has 1 atom stereocenters. The topological polar surface area (TPSA) is 87.6 Å². The summed E-state index contributed by atoms with van der Waals surface area (Å²) in [5.41, 5.74) is -1.39. The van der Waals surface area contributed by atoms with Gasteiger partial charge in [-0.05, 0) is 90.8 Å². The number of sulfone groups is 1. The Kier molecular flexibility index (Phi) is 7.35. The fourth-order valence-electron chi connectivity index (χ4n) is 3.47. The van der Waals surface area contributed by atoms with Crippen LogP contribution in [-0.2, 0) is 9.84 Å². The Labute approximate surface area is 209 Å². The third-order valence-electron chi connectivity index (χ3n) is 4.94. The number of anilines is 1. The van der Waals surface area contributed by atoms with E-state index in [1.165, 1.54) is 36.5 Å². The Morgan fingerprint density at radius 2 is 1.71 bits per heavy atom. The van der Waals surface area contributed by atoms with E-state index in [4.69, 9.17) is 11.6 Å². The van der Waals surface area contributed by atoms with Crippen LogP contribution >= 0.6 is 27.5 Å². The van der Waals surface area contributed by atoms with E-state index in [1.54, 1.807) is 20.8 Å². The molecule has 0 spiro atoms. The number of nitrogens with zero attached hydrogens (tertiary/aromatic N) is 2. The molecule has 3 rings (SSSR count). The second-order valence-corrected chi connectivity index (χ2v) is 11.7. The molecule has 1 amide bonds. The molecule has 1 unspecified atom stereocenters. The molecule has 1 aromatic heterocycles. The van der Waals surface area contributed by atoms with Gasteiger partial charge in [-0.25, -0.2) is 27.0 Å². The number of rotatable bonds is 5. The van der Waals surface area contributed by atoms with Crippen LogP contribution in [0.4, 0.5) is 19.4 Å². The Bertz CT molecular complexity index is 1350. The summed E-state index contributed by atoms with van der Waals surface area (Å²) in [6.07, 6.45) is -0.0872. The molecule has 0 aliphatic carbocycles. The maximum absolute atomic E-state index is 14.9. The number of carbonyl (C=O) groups is 1. The SMILES string of the molecule is CC(C)(C)N(C(=O)O)c1cc(C(c2cc(F)ccc2F)S(=O)(=O)c2ccc(Cl)cc2)c(Br)cn1. The first-order valence-corrected chi connectivity index (χ1v) is 12.6. The molecule has 0 bridgehead atoms. The number of amides is 1. The summed E-state index contributed by atoms with van der Waals surface area (Å²) in [6, 6.07) is 9.02. The molecule has 0 aliphatic rings. The number of hydrogen-bond acceptors (Lipinski definition) is 4. The maximum atomic E-state index is 14.9. The number of aromatic nitrogens is 1. The minimum atomic E-state index is -4.37. The summed E-state index contributed by atoms with van der Waals surface area (Å²) >= 11 is 9.15. The van der Waals surface area contributed by atoms with Crippen LogP contribution in [0.15, 0.2) is 64.1 Å². The molecule has 6 nitrogen and oxygen atoms in total. The lowest BCUT2D eigenvalue weighted by Crippen LogP contribution is -2.45. The van der Waals surface area contributed by atoms with Gasteiger partial charge in [-0.1, -0.05) is 11.6 Å². The zero-order valence-corrected chi connectivity index (χ0v) is 21.4. The van der Waals surface area contributed by atoms with Gasteiger partial charge in [0.05, 0.1) is 4.90 Å². The molecule has 0 fully saturated rings. The van der Waals surface area contributed by atoms with E-state index < -0.39 is 43.9 Å². The highest BCUT2D eigenvalue weighted by Crippen LogP contribution is 2.41. The monoisotopic (exact) mass is 572 g/mol. The van der Waals surface area contributed by atoms with Crippen LogP contribution in [0.1, 0.15) is 37.1 Å². The highest BCUT2D eigenvalue weighted by molar-refractivity contribution is 9.10. The van der Waals surface area contributed by atoms with Crippen molar-refractivity contribution in [2.45, 2.75) is 36.5 Å². The van der Waals surface area contributed by atoms with Crippen LogP contribution in [-0.4, -0.2) is 30.1 Å². The van der Waals surface area contributed by atoms with Crippen LogP contribution in [0.3, 0.4) is 0 Å². The predicted molar refractivity (Wildman–Crippen MR) is 129 cm³/mol. The van der Waals surface area contributed by atoms with Gasteiger partial charge in [-0.2, -0.15) is 0 Å². The van der Waals surface area contributed by atoms with Crippen molar-refractivity contribution < 1.29 is 27.1 Å². The van der Waals surface area contributed by atoms with Crippen molar-refractivity contribution >= 4 is 49.3 Å². The molecule has 11 heteroatoms. The molecular formula is C23H20BrClF2N2O4S. The van der Waals surface area contributed by atoms with E-state index >= 15 is 0 Å². The summed E-state index contributed by atoms with van der Waals surface area (Å²) in [5, 5.41) is 8.32. The van der Waals surface area contributed by atoms with Gasteiger partial charge < -0.3 is 5.11 Å². The third kappa shape index (κ3) is 5.24. The summed E-state index contributed by atoms with van der Waals surface area (Å²) < 4.78 is 56.8. The fourth-order valence-corrected chi connectivity index (χ4v) is 6.03. The highest BCUT2D eigenvalue weighted by Gasteiger charge is 2.37. The first kappa shape index (κ1) is 26.1. The van der Waals surface area contributed by atoms with Gasteiger partial charge in [-0.15, -0.1) is 0 Å². The molecule has 1 heterocycles. The zero-order chi connectivity index (χ0) is 25.4. The second kappa shape index (κ2) is 9.59. The van der Waals surface area contributed by atoms with Crippen LogP contribution in [0, 0.1) is 11.6 Å². The molecular weight excluding hydrogens is 554 g/mol. The number of benzene rings is 2. The van der Waals surface area contributed by atoms with Crippen molar-refractivity contribution in [1.82, 2.24) is 4.98 Å². The molecule has 34 heavy (non-hydrogen) atoms. The van der Waals surface area contributed by atoms with Gasteiger partial charge in [0.1, 0.15) is 22.7 Å². The lowest BCUT2D eigenvalue weighted by atomic mass is 10.0. The minimum absolute atomic E-state index is 0.0139. The Balaban J connectivity index is 2.35. The minimum Gasteiger partial charge on any atom is -0.465 e. The van der Waals surface area contributed by atoms with Crippen LogP contribution in [0.5, 0.6) is 0 Å². The van der Waals surface area contributed by atoms with Crippen molar-refractivity contribution in [2.24, 2.45) is 0 Å². The number of pyridine rings is 1. The lowest BCUT2D eigenvalue weighted by Gasteiger charge is -2.32. The number of halogens is 4.